The van der Waals surface area contributed by atoms with E-state index in [1.54, 1.807) is 30.6 Å². The number of likely N-dealkylation sites (tertiary alicyclic amines) is 1. The number of pyridine rings is 2. The molecule has 7 rings (SSSR count). The van der Waals surface area contributed by atoms with Crippen LogP contribution in [0.25, 0.3) is 27.6 Å². The molecule has 51 heavy (non-hydrogen) atoms. The molecule has 2 aliphatic rings. The van der Waals surface area contributed by atoms with Crippen molar-refractivity contribution in [2.24, 2.45) is 0 Å². The number of nitrogens with zero attached hydrogens (tertiary/aromatic N) is 5. The third kappa shape index (κ3) is 6.70. The van der Waals surface area contributed by atoms with E-state index in [1.165, 1.54) is 0 Å². The number of oxazole rings is 1. The van der Waals surface area contributed by atoms with Crippen LogP contribution in [0.15, 0.2) is 83.6 Å². The molecule has 262 valence electrons. The van der Waals surface area contributed by atoms with Gasteiger partial charge in [-0.15, -0.1) is 11.6 Å². The van der Waals surface area contributed by atoms with Crippen LogP contribution in [-0.4, -0.2) is 85.2 Å². The van der Waals surface area contributed by atoms with Crippen LogP contribution in [0.5, 0.6) is 0 Å². The van der Waals surface area contributed by atoms with Gasteiger partial charge in [-0.05, 0) is 58.7 Å². The number of aromatic nitrogens is 3. The van der Waals surface area contributed by atoms with Gasteiger partial charge in [0.2, 0.25) is 5.89 Å². The van der Waals surface area contributed by atoms with E-state index in [1.807, 2.05) is 53.5 Å². The topological polar surface area (TPSA) is 164 Å². The van der Waals surface area contributed by atoms with Crippen LogP contribution in [0.1, 0.15) is 28.1 Å². The number of nitrogens with one attached hydrogen (secondary N) is 2. The Kier molecular flexibility index (Phi) is 9.80. The number of nitriles is 1. The number of β-amino-alcohol motifs (C(OH)–C–C–N with tert-alkyl or cyclic N) is 1. The SMILES string of the molecule is N#Cc1cc(CNC(CO)CO)cc2nc(C3(Nc4nccc5cc(CN6CC(O)(CF)C6)cnc45)C=CC=C(c4ccccc4Cl)C3Cl)oc12. The van der Waals surface area contributed by atoms with E-state index in [0.717, 1.165) is 16.5 Å². The monoisotopic (exact) mass is 729 g/mol. The van der Waals surface area contributed by atoms with E-state index in [0.29, 0.717) is 39.6 Å². The predicted molar refractivity (Wildman–Crippen MR) is 193 cm³/mol. The van der Waals surface area contributed by atoms with Crippen LogP contribution in [0.2, 0.25) is 5.02 Å². The van der Waals surface area contributed by atoms with Gasteiger partial charge >= 0.3 is 0 Å². The Bertz CT molecular complexity index is 2200. The first-order valence-corrected chi connectivity index (χ1v) is 17.1. The Labute approximate surface area is 302 Å². The number of aliphatic hydroxyl groups is 3. The molecule has 14 heteroatoms. The number of halogens is 3. The molecule has 0 saturated carbocycles. The Hall–Kier alpha value is -4.45. The molecule has 4 heterocycles. The summed E-state index contributed by atoms with van der Waals surface area (Å²) in [5.74, 6) is 0.572. The van der Waals surface area contributed by atoms with Gasteiger partial charge in [-0.2, -0.15) is 5.26 Å². The van der Waals surface area contributed by atoms with Gasteiger partial charge in [-0.3, -0.25) is 9.88 Å². The summed E-state index contributed by atoms with van der Waals surface area (Å²) in [7, 11) is 0. The van der Waals surface area contributed by atoms with E-state index < -0.39 is 29.2 Å². The lowest BCUT2D eigenvalue weighted by Crippen LogP contribution is -2.62. The summed E-state index contributed by atoms with van der Waals surface area (Å²) in [6, 6.07) is 16.3. The van der Waals surface area contributed by atoms with E-state index >= 15 is 0 Å². The lowest BCUT2D eigenvalue weighted by Gasteiger charge is -2.44. The standard InChI is InChI=1S/C37H34Cl2FN7O4/c38-29-6-2-1-4-27(29)28-5-3-8-37(33(28)39,35-45-30-12-22(14-43-26(17-48)18-49)10-25(13-41)32(30)51-35)46-34-31-24(7-9-42-34)11-23(15-44-31)16-47-20-36(50,19-40)21-47/h1-12,15,26,33,43,48-50H,14,16-21H2,(H,42,46). The fourth-order valence-electron chi connectivity index (χ4n) is 6.60. The molecule has 2 unspecified atom stereocenters. The Balaban J connectivity index is 1.30. The maximum atomic E-state index is 13.1. The van der Waals surface area contributed by atoms with Crippen LogP contribution in [0.4, 0.5) is 10.2 Å². The first kappa shape index (κ1) is 35.0. The zero-order chi connectivity index (χ0) is 35.8. The maximum Gasteiger partial charge on any atom is 0.227 e. The molecule has 1 aliphatic carbocycles. The first-order valence-electron chi connectivity index (χ1n) is 16.3. The molecule has 0 radical (unpaired) electrons. The van der Waals surface area contributed by atoms with E-state index in [-0.39, 0.29) is 49.9 Å². The third-order valence-electron chi connectivity index (χ3n) is 9.22. The molecular weight excluding hydrogens is 696 g/mol. The highest BCUT2D eigenvalue weighted by molar-refractivity contribution is 6.34. The van der Waals surface area contributed by atoms with Crippen molar-refractivity contribution in [2.75, 3.05) is 38.3 Å². The predicted octanol–water partition coefficient (Wildman–Crippen LogP) is 4.82. The second kappa shape index (κ2) is 14.3. The summed E-state index contributed by atoms with van der Waals surface area (Å²) < 4.78 is 19.6. The molecule has 1 saturated heterocycles. The number of hydrogen-bond donors (Lipinski definition) is 5. The average Bonchev–Trinajstić information content (AvgIpc) is 3.57. The zero-order valence-electron chi connectivity index (χ0n) is 27.2. The summed E-state index contributed by atoms with van der Waals surface area (Å²) in [5.41, 5.74) is 1.85. The minimum atomic E-state index is -1.36. The molecule has 1 fully saturated rings. The number of hydrogen-bond acceptors (Lipinski definition) is 11. The highest BCUT2D eigenvalue weighted by atomic mass is 35.5. The van der Waals surface area contributed by atoms with Crippen LogP contribution in [0, 0.1) is 11.3 Å². The molecule has 2 atom stereocenters. The van der Waals surface area contributed by atoms with Gasteiger partial charge < -0.3 is 30.4 Å². The minimum absolute atomic E-state index is 0.171. The molecule has 0 spiro atoms. The highest BCUT2D eigenvalue weighted by Crippen LogP contribution is 2.46. The lowest BCUT2D eigenvalue weighted by molar-refractivity contribution is -0.113. The van der Waals surface area contributed by atoms with Crippen molar-refractivity contribution in [2.45, 2.75) is 35.6 Å². The van der Waals surface area contributed by atoms with Gasteiger partial charge in [0.25, 0.3) is 0 Å². The smallest absolute Gasteiger partial charge is 0.227 e. The van der Waals surface area contributed by atoms with Crippen molar-refractivity contribution in [3.63, 3.8) is 0 Å². The lowest BCUT2D eigenvalue weighted by atomic mass is 9.82. The summed E-state index contributed by atoms with van der Waals surface area (Å²) in [5, 5.41) is 46.2. The fourth-order valence-corrected chi connectivity index (χ4v) is 7.26. The van der Waals surface area contributed by atoms with Crippen molar-refractivity contribution >= 4 is 56.6 Å². The normalized spacial score (nSPS) is 20.0. The molecule has 0 bridgehead atoms. The summed E-state index contributed by atoms with van der Waals surface area (Å²) in [6.07, 6.45) is 8.94. The number of anilines is 1. The quantitative estimate of drug-likeness (QED) is 0.112. The summed E-state index contributed by atoms with van der Waals surface area (Å²) in [6.45, 7) is -0.0175. The first-order chi connectivity index (χ1) is 24.7. The maximum absolute atomic E-state index is 13.1. The van der Waals surface area contributed by atoms with Gasteiger partial charge in [0.05, 0.1) is 30.2 Å². The van der Waals surface area contributed by atoms with Crippen molar-refractivity contribution in [3.05, 3.63) is 112 Å². The second-order valence-electron chi connectivity index (χ2n) is 13.0. The highest BCUT2D eigenvalue weighted by Gasteiger charge is 2.47. The third-order valence-corrected chi connectivity index (χ3v) is 10.1. The number of rotatable bonds is 12. The zero-order valence-corrected chi connectivity index (χ0v) is 28.7. The summed E-state index contributed by atoms with van der Waals surface area (Å²) in [4.78, 5) is 16.3. The van der Waals surface area contributed by atoms with Crippen molar-refractivity contribution < 1.29 is 24.1 Å². The molecule has 11 nitrogen and oxygen atoms in total. The Morgan fingerprint density at radius 2 is 1.92 bits per heavy atom. The second-order valence-corrected chi connectivity index (χ2v) is 13.8. The number of alkyl halides is 2. The molecule has 0 amide bonds. The summed E-state index contributed by atoms with van der Waals surface area (Å²) >= 11 is 14.1. The van der Waals surface area contributed by atoms with E-state index in [4.69, 9.17) is 37.6 Å². The molecular formula is C37H34Cl2FN7O4. The van der Waals surface area contributed by atoms with Gasteiger partial charge in [-0.25, -0.2) is 14.4 Å². The number of benzene rings is 2. The number of aliphatic hydroxyl groups excluding tert-OH is 2. The van der Waals surface area contributed by atoms with Crippen molar-refractivity contribution in [3.8, 4) is 6.07 Å². The molecule has 5 N–H and O–H groups in total. The average molecular weight is 731 g/mol. The fraction of sp³-hybridized carbons (Fsp3) is 0.297. The molecule has 2 aromatic carbocycles. The largest absolute Gasteiger partial charge is 0.436 e. The minimum Gasteiger partial charge on any atom is -0.436 e. The number of fused-ring (bicyclic) bond motifs is 2. The molecule has 3 aromatic heterocycles. The van der Waals surface area contributed by atoms with Crippen molar-refractivity contribution in [1.29, 1.82) is 5.26 Å². The van der Waals surface area contributed by atoms with Crippen molar-refractivity contribution in [1.82, 2.24) is 25.2 Å². The van der Waals surface area contributed by atoms with E-state index in [2.05, 4.69) is 21.7 Å². The van der Waals surface area contributed by atoms with Gasteiger partial charge in [0.15, 0.2) is 16.9 Å². The molecule has 1 aliphatic heterocycles. The Morgan fingerprint density at radius 3 is 2.67 bits per heavy atom. The molecule has 5 aromatic rings. The number of allylic oxidation sites excluding steroid dienone is 2. The van der Waals surface area contributed by atoms with Gasteiger partial charge in [0.1, 0.15) is 29.4 Å². The van der Waals surface area contributed by atoms with Crippen LogP contribution >= 0.6 is 23.2 Å². The van der Waals surface area contributed by atoms with E-state index in [9.17, 15) is 25.0 Å². The Morgan fingerprint density at radius 1 is 1.12 bits per heavy atom. The van der Waals surface area contributed by atoms with Crippen LogP contribution < -0.4 is 10.6 Å². The van der Waals surface area contributed by atoms with Crippen LogP contribution in [-0.2, 0) is 18.6 Å². The van der Waals surface area contributed by atoms with Gasteiger partial charge in [0, 0.05) is 49.0 Å². The van der Waals surface area contributed by atoms with Gasteiger partial charge in [-0.1, -0.05) is 42.0 Å². The van der Waals surface area contributed by atoms with Crippen LogP contribution in [0.3, 0.4) is 0 Å².